The van der Waals surface area contributed by atoms with Gasteiger partial charge in [0.15, 0.2) is 16.9 Å². The molecule has 0 radical (unpaired) electrons. The van der Waals surface area contributed by atoms with Crippen LogP contribution in [0.3, 0.4) is 0 Å². The maximum Gasteiger partial charge on any atom is 0.306 e. The van der Waals surface area contributed by atoms with Gasteiger partial charge in [0.1, 0.15) is 23.9 Å². The van der Waals surface area contributed by atoms with Gasteiger partial charge in [-0.3, -0.25) is 4.79 Å². The fraction of sp³-hybridized carbons (Fsp3) is 0.814. The summed E-state index contributed by atoms with van der Waals surface area (Å²) in [5.74, 6) is -1.75. The van der Waals surface area contributed by atoms with Gasteiger partial charge in [-0.25, -0.2) is 0 Å². The smallest absolute Gasteiger partial charge is 0.306 e. The highest BCUT2D eigenvalue weighted by Crippen LogP contribution is 2.69. The Hall–Kier alpha value is -2.17. The van der Waals surface area contributed by atoms with Gasteiger partial charge in [-0.2, -0.15) is 0 Å². The molecule has 5 bridgehead atoms. The molecule has 10 N–H and O–H groups in total. The molecule has 3 aliphatic heterocycles. The van der Waals surface area contributed by atoms with Crippen molar-refractivity contribution >= 4 is 38.5 Å². The summed E-state index contributed by atoms with van der Waals surface area (Å²) < 4.78 is 32.6. The van der Waals surface area contributed by atoms with Crippen molar-refractivity contribution in [2.75, 3.05) is 52.3 Å². The van der Waals surface area contributed by atoms with E-state index in [0.717, 1.165) is 83.6 Å². The first-order valence-electron chi connectivity index (χ1n) is 29.5. The predicted molar refractivity (Wildman–Crippen MR) is 295 cm³/mol. The summed E-state index contributed by atoms with van der Waals surface area (Å²) in [4.78, 5) is 13.1. The molecule has 2 saturated heterocycles. The maximum absolute atomic E-state index is 13.8. The summed E-state index contributed by atoms with van der Waals surface area (Å²) in [6.45, 7) is 5.30. The van der Waals surface area contributed by atoms with E-state index in [1.54, 1.807) is 42.2 Å². The average molecular weight is 1120 g/mol. The zero-order valence-corrected chi connectivity index (χ0v) is 47.4. The van der Waals surface area contributed by atoms with Crippen LogP contribution in [0, 0.1) is 46.8 Å². The lowest BCUT2D eigenvalue weighted by atomic mass is 9.50. The van der Waals surface area contributed by atoms with Crippen LogP contribution in [0.5, 0.6) is 11.5 Å². The van der Waals surface area contributed by atoms with Crippen molar-refractivity contribution in [3.05, 3.63) is 36.1 Å². The van der Waals surface area contributed by atoms with Crippen LogP contribution in [-0.4, -0.2) is 157 Å². The van der Waals surface area contributed by atoms with E-state index in [4.69, 9.17) is 23.4 Å². The van der Waals surface area contributed by atoms with Gasteiger partial charge in [0.05, 0.1) is 30.7 Å². The van der Waals surface area contributed by atoms with Crippen LogP contribution in [0.25, 0.3) is 11.0 Å². The zero-order chi connectivity index (χ0) is 54.4. The number of esters is 1. The second-order valence-corrected chi connectivity index (χ2v) is 27.9. The number of furan rings is 1. The van der Waals surface area contributed by atoms with E-state index in [1.165, 1.54) is 0 Å². The summed E-state index contributed by atoms with van der Waals surface area (Å²) in [7, 11) is 5.40. The molecule has 4 heterocycles. The fourth-order valence-electron chi connectivity index (χ4n) is 17.0. The molecule has 1 aromatic carbocycles. The van der Waals surface area contributed by atoms with Crippen molar-refractivity contribution in [3.8, 4) is 11.5 Å². The number of ether oxygens (including phenoxy) is 4. The third-order valence-electron chi connectivity index (χ3n) is 20.8. The number of carbonyl (C=O) groups excluding carboxylic acids is 1. The summed E-state index contributed by atoms with van der Waals surface area (Å²) in [5, 5.41) is 107. The molecular weight excluding hydrogens is 1020 g/mol. The summed E-state index contributed by atoms with van der Waals surface area (Å²) in [6.07, 6.45) is 12.5. The highest BCUT2D eigenvalue weighted by atomic mass is 33.1. The van der Waals surface area contributed by atoms with Crippen molar-refractivity contribution in [1.29, 1.82) is 0 Å². The van der Waals surface area contributed by atoms with Gasteiger partial charge in [-0.05, 0) is 170 Å². The molecule has 6 fully saturated rings. The molecule has 432 valence electrons. The van der Waals surface area contributed by atoms with Crippen molar-refractivity contribution < 1.29 is 69.0 Å². The quantitative estimate of drug-likeness (QED) is 0.0633. The monoisotopic (exact) mass is 1110 g/mol. The number of nitrogens with one attached hydrogen (secondary N) is 2. The zero-order valence-electron chi connectivity index (χ0n) is 45.8. The lowest BCUT2D eigenvalue weighted by Crippen LogP contribution is -2.86. The fourth-order valence-corrected chi connectivity index (χ4v) is 21.3. The normalized spacial score (nSPS) is 43.4. The topological polar surface area (TPSA) is 253 Å². The molecule has 3 spiro atoms. The van der Waals surface area contributed by atoms with Gasteiger partial charge in [-0.15, -0.1) is 0 Å². The molecule has 5 aliphatic carbocycles. The highest BCUT2D eigenvalue weighted by Gasteiger charge is 2.78. The van der Waals surface area contributed by atoms with E-state index < -0.39 is 82.1 Å². The summed E-state index contributed by atoms with van der Waals surface area (Å²) in [6, 6.07) is 3.60. The molecule has 18 heteroatoms. The number of hydrogen-bond acceptors (Lipinski definition) is 18. The molecular formula is C59H90N2O14S2. The largest absolute Gasteiger partial charge is 0.485 e. The third kappa shape index (κ3) is 10.6. The second-order valence-electron chi connectivity index (χ2n) is 25.2. The molecule has 0 unspecified atom stereocenters. The summed E-state index contributed by atoms with van der Waals surface area (Å²) in [5.41, 5.74) is -6.77. The van der Waals surface area contributed by atoms with Gasteiger partial charge in [0.25, 0.3) is 0 Å². The van der Waals surface area contributed by atoms with Crippen LogP contribution in [0.4, 0.5) is 0 Å². The minimum Gasteiger partial charge on any atom is -0.485 e. The van der Waals surface area contributed by atoms with E-state index in [-0.39, 0.29) is 92.0 Å². The highest BCUT2D eigenvalue weighted by molar-refractivity contribution is 8.77. The number of aryl methyl sites for hydroxylation is 1. The van der Waals surface area contributed by atoms with Crippen LogP contribution in [0.15, 0.2) is 35.0 Å². The second kappa shape index (κ2) is 23.6. The van der Waals surface area contributed by atoms with E-state index >= 15 is 0 Å². The Balaban J connectivity index is 1.15. The first-order valence-corrected chi connectivity index (χ1v) is 31.8. The molecule has 4 saturated carbocycles. The maximum atomic E-state index is 13.8. The molecule has 8 aliphatic rings. The Morgan fingerprint density at radius 2 is 1.78 bits per heavy atom. The van der Waals surface area contributed by atoms with E-state index in [0.29, 0.717) is 54.7 Å². The van der Waals surface area contributed by atoms with Gasteiger partial charge in [-0.1, -0.05) is 66.3 Å². The van der Waals surface area contributed by atoms with E-state index in [9.17, 15) is 45.6 Å². The number of rotatable bonds is 12. The number of fused-ring (bicyclic) bond motifs is 11. The van der Waals surface area contributed by atoms with Gasteiger partial charge >= 0.3 is 5.97 Å². The van der Waals surface area contributed by atoms with Crippen LogP contribution in [0.2, 0.25) is 0 Å². The van der Waals surface area contributed by atoms with Crippen molar-refractivity contribution in [1.82, 2.24) is 10.6 Å². The lowest BCUT2D eigenvalue weighted by molar-refractivity contribution is -0.424. The summed E-state index contributed by atoms with van der Waals surface area (Å²) >= 11 is 0. The first kappa shape index (κ1) is 58.0. The van der Waals surface area contributed by atoms with Crippen molar-refractivity contribution in [2.24, 2.45) is 46.8 Å². The third-order valence-corrected chi connectivity index (χ3v) is 24.2. The van der Waals surface area contributed by atoms with Gasteiger partial charge in [0, 0.05) is 59.9 Å². The standard InChI is InChI=1S/C59H90N2O14S2/c1-4-71-47(66)15-12-39-29-40-19-27-72-49(40)51-50(39)74-53-59(70)48-41(11-13-43(64)42(48)34-63)32-57(69,52(59)67)58(75-53)35-76-77-56(45(61-25-28-73-51)14-10-36(2)7-5-9-46(58)65)24-23-54(21-16-38(30-54)33-60-3)44(56)17-22-55(68)20-6-8-37(31-55)18-26-62/h11,13,19,27,29,36-38,41-46,48,52-53,60-65,67-70H,4-10,12,14-18,20-26,28,30-35H2,1-3H3/t36-,37+,38-,41+,42+,43-,44+,45+,46-,48+,52+,53-,54+,55+,56+,57+,58-,59-/m1/s1. The Bertz CT molecular complexity index is 2380. The number of benzene rings is 1. The first-order chi connectivity index (χ1) is 37.0. The van der Waals surface area contributed by atoms with Crippen molar-refractivity contribution in [3.63, 3.8) is 0 Å². The minimum absolute atomic E-state index is 0.00478. The molecule has 2 aromatic rings. The average Bonchev–Trinajstić information content (AvgIpc) is 4.30. The molecule has 1 aromatic heterocycles. The Kier molecular flexibility index (Phi) is 17.8. The Labute approximate surface area is 462 Å². The molecule has 77 heavy (non-hydrogen) atoms. The minimum atomic E-state index is -2.50. The predicted octanol–water partition coefficient (Wildman–Crippen LogP) is 6.33. The SMILES string of the molecule is CCOC(=O)CCc1cc2ccoc2c2c1O[C@@H]1O[C@@]3(CSS[C@]4(CC[C@]5(CC[C@@H](CNC)C5)[C@@H]4CC[C@@]4(O)CCC[C@@H](CCO)C4)[C@H](CC[C@H](C)CCC[C@H]3O)NCCO2)[C@]2(O)C[C@@H]3C=C[C@@H](O)[C@H](CO)[C@H]3[C@@]1(O)[C@H]2O. The molecule has 0 amide bonds. The number of hydrogen-bond donors (Lipinski definition) is 10. The number of allylic oxidation sites excluding steroid dienone is 1. The van der Waals surface area contributed by atoms with Crippen LogP contribution in [-0.2, 0) is 20.7 Å². The van der Waals surface area contributed by atoms with Crippen molar-refractivity contribution in [2.45, 2.75) is 200 Å². The number of aliphatic hydroxyl groups is 8. The van der Waals surface area contributed by atoms with E-state index in [2.05, 4.69) is 17.6 Å². The van der Waals surface area contributed by atoms with Crippen LogP contribution >= 0.6 is 21.6 Å². The van der Waals surface area contributed by atoms with Gasteiger partial charge < -0.3 is 74.9 Å². The van der Waals surface area contributed by atoms with Gasteiger partial charge in [0.2, 0.25) is 12.0 Å². The Morgan fingerprint density at radius 3 is 2.57 bits per heavy atom. The van der Waals surface area contributed by atoms with E-state index in [1.807, 2.05) is 23.9 Å². The number of aliphatic hydroxyl groups excluding tert-OH is 5. The van der Waals surface area contributed by atoms with Crippen LogP contribution < -0.4 is 20.1 Å². The molecule has 18 atom stereocenters. The Morgan fingerprint density at radius 1 is 0.935 bits per heavy atom. The molecule has 16 nitrogen and oxygen atoms in total. The molecule has 10 rings (SSSR count). The van der Waals surface area contributed by atoms with Crippen LogP contribution in [0.1, 0.15) is 141 Å². The number of carbonyl (C=O) groups is 1. The lowest BCUT2D eigenvalue weighted by Gasteiger charge is -2.67.